The van der Waals surface area contributed by atoms with Crippen molar-refractivity contribution >= 4 is 11.5 Å². The number of anilines is 2. The maximum Gasteiger partial charge on any atom is 0.156 e. The first-order chi connectivity index (χ1) is 10.5. The fourth-order valence-electron chi connectivity index (χ4n) is 2.29. The molecule has 0 saturated carbocycles. The lowest BCUT2D eigenvalue weighted by Gasteiger charge is -2.20. The quantitative estimate of drug-likeness (QED) is 0.820. The fraction of sp³-hybridized carbons (Fsp3) is 0.412. The topological polar surface area (TPSA) is 41.5 Å². The van der Waals surface area contributed by atoms with Crippen molar-refractivity contribution in [3.63, 3.8) is 0 Å². The van der Waals surface area contributed by atoms with Gasteiger partial charge in [-0.25, -0.2) is 9.97 Å². The molecule has 0 spiro atoms. The third kappa shape index (κ3) is 4.18. The molecule has 0 N–H and O–H groups in total. The number of aryl methyl sites for hydroxylation is 1. The molecule has 0 radical (unpaired) electrons. The summed E-state index contributed by atoms with van der Waals surface area (Å²) < 4.78 is 5.13. The summed E-state index contributed by atoms with van der Waals surface area (Å²) in [6.45, 7) is 3.20. The molecule has 0 aliphatic heterocycles. The van der Waals surface area contributed by atoms with Gasteiger partial charge in [0.1, 0.15) is 12.4 Å². The molecule has 1 heterocycles. The summed E-state index contributed by atoms with van der Waals surface area (Å²) in [4.78, 5) is 13.2. The van der Waals surface area contributed by atoms with Gasteiger partial charge in [0.25, 0.3) is 0 Å². The Bertz CT molecular complexity index is 628. The molecular weight excluding hydrogens is 276 g/mol. The summed E-state index contributed by atoms with van der Waals surface area (Å²) in [5, 5.41) is 0. The summed E-state index contributed by atoms with van der Waals surface area (Å²) >= 11 is 0. The predicted octanol–water partition coefficient (Wildman–Crippen LogP) is 2.63. The van der Waals surface area contributed by atoms with Gasteiger partial charge in [-0.15, -0.1) is 0 Å². The van der Waals surface area contributed by atoms with Gasteiger partial charge in [-0.3, -0.25) is 0 Å². The van der Waals surface area contributed by atoms with Crippen LogP contribution in [0.1, 0.15) is 17.1 Å². The molecule has 0 saturated heterocycles. The van der Waals surface area contributed by atoms with Crippen LogP contribution < -0.4 is 9.80 Å². The van der Waals surface area contributed by atoms with E-state index in [9.17, 15) is 0 Å². The molecule has 0 amide bonds. The number of ether oxygens (including phenoxy) is 1. The first-order valence-corrected chi connectivity index (χ1v) is 7.30. The number of hydrogen-bond acceptors (Lipinski definition) is 5. The van der Waals surface area contributed by atoms with Crippen LogP contribution in [0, 0.1) is 6.92 Å². The van der Waals surface area contributed by atoms with Gasteiger partial charge in [0.05, 0.1) is 0 Å². The zero-order valence-electron chi connectivity index (χ0n) is 14.0. The molecule has 5 nitrogen and oxygen atoms in total. The molecule has 1 aromatic heterocycles. The van der Waals surface area contributed by atoms with Crippen LogP contribution >= 0.6 is 0 Å². The highest BCUT2D eigenvalue weighted by atomic mass is 16.5. The third-order valence-electron chi connectivity index (χ3n) is 3.40. The maximum absolute atomic E-state index is 5.13. The molecule has 0 bridgehead atoms. The van der Waals surface area contributed by atoms with Crippen LogP contribution in [-0.4, -0.2) is 38.2 Å². The summed E-state index contributed by atoms with van der Waals surface area (Å²) in [6, 6.07) is 10.5. The van der Waals surface area contributed by atoms with Gasteiger partial charge in [-0.1, -0.05) is 12.1 Å². The highest BCUT2D eigenvalue weighted by molar-refractivity contribution is 5.48. The predicted molar refractivity (Wildman–Crippen MR) is 90.4 cm³/mol. The Morgan fingerprint density at radius 1 is 1.09 bits per heavy atom. The minimum atomic E-state index is 0.429. The van der Waals surface area contributed by atoms with Gasteiger partial charge < -0.3 is 14.5 Å². The first-order valence-electron chi connectivity index (χ1n) is 7.30. The molecule has 0 unspecified atom stereocenters. The Balaban J connectivity index is 2.18. The molecule has 2 aromatic rings. The molecule has 0 atom stereocenters. The lowest BCUT2D eigenvalue weighted by atomic mass is 10.2. The summed E-state index contributed by atoms with van der Waals surface area (Å²) in [5.74, 6) is 1.63. The molecule has 0 fully saturated rings. The van der Waals surface area contributed by atoms with Crippen LogP contribution in [0.2, 0.25) is 0 Å². The molecule has 1 aromatic carbocycles. The number of hydrogen-bond donors (Lipinski definition) is 0. The van der Waals surface area contributed by atoms with E-state index >= 15 is 0 Å². The normalized spacial score (nSPS) is 10.6. The number of rotatable bonds is 6. The van der Waals surface area contributed by atoms with Crippen molar-refractivity contribution in [1.29, 1.82) is 0 Å². The van der Waals surface area contributed by atoms with Gasteiger partial charge in [0, 0.05) is 52.2 Å². The number of benzene rings is 1. The average Bonchev–Trinajstić information content (AvgIpc) is 2.47. The van der Waals surface area contributed by atoms with E-state index in [1.165, 1.54) is 11.3 Å². The van der Waals surface area contributed by atoms with Crippen LogP contribution in [0.15, 0.2) is 30.3 Å². The lowest BCUT2D eigenvalue weighted by Crippen LogP contribution is -2.19. The fourth-order valence-corrected chi connectivity index (χ4v) is 2.29. The van der Waals surface area contributed by atoms with Gasteiger partial charge in [-0.2, -0.15) is 0 Å². The van der Waals surface area contributed by atoms with Crippen molar-refractivity contribution in [1.82, 2.24) is 9.97 Å². The van der Waals surface area contributed by atoms with Crippen molar-refractivity contribution < 1.29 is 4.74 Å². The third-order valence-corrected chi connectivity index (χ3v) is 3.40. The van der Waals surface area contributed by atoms with Crippen LogP contribution in [-0.2, 0) is 17.9 Å². The zero-order chi connectivity index (χ0) is 16.1. The smallest absolute Gasteiger partial charge is 0.156 e. The van der Waals surface area contributed by atoms with Crippen molar-refractivity contribution in [2.45, 2.75) is 20.1 Å². The molecule has 0 aliphatic rings. The maximum atomic E-state index is 5.13. The van der Waals surface area contributed by atoms with Gasteiger partial charge in [-0.05, 0) is 24.6 Å². The standard InChI is InChI=1S/C17H24N4O/c1-13-9-17(19-16(18-13)12-22-5)21(4)11-14-7-6-8-15(10-14)20(2)3/h6-10H,11-12H2,1-5H3. The van der Waals surface area contributed by atoms with Crippen molar-refractivity contribution in [3.05, 3.63) is 47.4 Å². The van der Waals surface area contributed by atoms with Crippen molar-refractivity contribution in [2.24, 2.45) is 0 Å². The Morgan fingerprint density at radius 2 is 1.86 bits per heavy atom. The monoisotopic (exact) mass is 300 g/mol. The molecule has 0 aliphatic carbocycles. The van der Waals surface area contributed by atoms with Crippen LogP contribution in [0.4, 0.5) is 11.5 Å². The summed E-state index contributed by atoms with van der Waals surface area (Å²) in [5.41, 5.74) is 3.40. The van der Waals surface area contributed by atoms with E-state index in [1.54, 1.807) is 7.11 Å². The van der Waals surface area contributed by atoms with E-state index in [0.717, 1.165) is 18.1 Å². The largest absolute Gasteiger partial charge is 0.378 e. The van der Waals surface area contributed by atoms with Crippen LogP contribution in [0.3, 0.4) is 0 Å². The van der Waals surface area contributed by atoms with E-state index in [-0.39, 0.29) is 0 Å². The van der Waals surface area contributed by atoms with Crippen LogP contribution in [0.25, 0.3) is 0 Å². The number of nitrogens with zero attached hydrogens (tertiary/aromatic N) is 4. The Morgan fingerprint density at radius 3 is 2.55 bits per heavy atom. The van der Waals surface area contributed by atoms with Gasteiger partial charge in [0.15, 0.2) is 5.82 Å². The highest BCUT2D eigenvalue weighted by Crippen LogP contribution is 2.18. The van der Waals surface area contributed by atoms with E-state index in [4.69, 9.17) is 4.74 Å². The second-order valence-corrected chi connectivity index (χ2v) is 5.64. The SMILES string of the molecule is COCc1nc(C)cc(N(C)Cc2cccc(N(C)C)c2)n1. The second kappa shape index (κ2) is 7.22. The zero-order valence-corrected chi connectivity index (χ0v) is 14.0. The van der Waals surface area contributed by atoms with Crippen LogP contribution in [0.5, 0.6) is 0 Å². The Labute approximate surface area is 132 Å². The van der Waals surface area contributed by atoms with Gasteiger partial charge >= 0.3 is 0 Å². The van der Waals surface area contributed by atoms with E-state index in [0.29, 0.717) is 12.4 Å². The Kier molecular flexibility index (Phi) is 5.33. The molecule has 2 rings (SSSR count). The highest BCUT2D eigenvalue weighted by Gasteiger charge is 2.08. The minimum absolute atomic E-state index is 0.429. The molecule has 5 heteroatoms. The molecular formula is C17H24N4O. The number of aromatic nitrogens is 2. The molecule has 22 heavy (non-hydrogen) atoms. The number of methoxy groups -OCH3 is 1. The van der Waals surface area contributed by atoms with Gasteiger partial charge in [0.2, 0.25) is 0 Å². The van der Waals surface area contributed by atoms with Crippen molar-refractivity contribution in [3.8, 4) is 0 Å². The van der Waals surface area contributed by atoms with E-state index in [1.807, 2.05) is 34.1 Å². The second-order valence-electron chi connectivity index (χ2n) is 5.64. The van der Waals surface area contributed by atoms with Crippen molar-refractivity contribution in [2.75, 3.05) is 38.1 Å². The first kappa shape index (κ1) is 16.2. The minimum Gasteiger partial charge on any atom is -0.378 e. The van der Waals surface area contributed by atoms with E-state index in [2.05, 4.69) is 44.0 Å². The summed E-state index contributed by atoms with van der Waals surface area (Å²) in [6.07, 6.45) is 0. The molecule has 118 valence electrons. The van der Waals surface area contributed by atoms with E-state index < -0.39 is 0 Å². The average molecular weight is 300 g/mol. The summed E-state index contributed by atoms with van der Waals surface area (Å²) in [7, 11) is 7.80. The Hall–Kier alpha value is -2.14. The lowest BCUT2D eigenvalue weighted by molar-refractivity contribution is 0.177.